The van der Waals surface area contributed by atoms with Gasteiger partial charge in [0, 0.05) is 18.1 Å². The molecule has 2 aromatic heterocycles. The van der Waals surface area contributed by atoms with Crippen LogP contribution >= 0.6 is 0 Å². The molecule has 0 fully saturated rings. The minimum absolute atomic E-state index is 0.516. The molecule has 2 heterocycles. The second-order valence-electron chi connectivity index (χ2n) is 9.81. The highest BCUT2D eigenvalue weighted by molar-refractivity contribution is 5.65. The number of pyridine rings is 2. The van der Waals surface area contributed by atoms with Gasteiger partial charge in [-0.25, -0.2) is 0 Å². The van der Waals surface area contributed by atoms with Crippen LogP contribution in [0, 0.1) is 0 Å². The molecule has 0 radical (unpaired) electrons. The first-order valence-corrected chi connectivity index (χ1v) is 11.6. The van der Waals surface area contributed by atoms with E-state index >= 15 is 0 Å². The fourth-order valence-electron chi connectivity index (χ4n) is 4.52. The quantitative estimate of drug-likeness (QED) is 0.521. The van der Waals surface area contributed by atoms with Crippen molar-refractivity contribution in [3.05, 3.63) is 69.3 Å². The second kappa shape index (κ2) is 9.29. The number of hydrogen-bond donors (Lipinski definition) is 0. The van der Waals surface area contributed by atoms with Crippen LogP contribution in [0.15, 0.2) is 24.5 Å². The van der Waals surface area contributed by atoms with Gasteiger partial charge < -0.3 is 0 Å². The van der Waals surface area contributed by atoms with Gasteiger partial charge in [-0.3, -0.25) is 9.97 Å². The third-order valence-electron chi connectivity index (χ3n) is 6.13. The second-order valence-corrected chi connectivity index (χ2v) is 9.81. The Labute approximate surface area is 183 Å². The lowest BCUT2D eigenvalue weighted by molar-refractivity contribution is 0.786. The highest BCUT2D eigenvalue weighted by Crippen LogP contribution is 2.33. The number of hydrogen-bond acceptors (Lipinski definition) is 2. The largest absolute Gasteiger partial charge is 0.260 e. The predicted octanol–water partition coefficient (Wildman–Crippen LogP) is 7.80. The van der Waals surface area contributed by atoms with Crippen molar-refractivity contribution >= 4 is 12.2 Å². The highest BCUT2D eigenvalue weighted by Gasteiger charge is 2.19. The Morgan fingerprint density at radius 2 is 1.07 bits per heavy atom. The van der Waals surface area contributed by atoms with Crippen LogP contribution < -0.4 is 0 Å². The summed E-state index contributed by atoms with van der Waals surface area (Å²) >= 11 is 0. The monoisotopic (exact) mass is 402 g/mol. The molecule has 4 rings (SSSR count). The van der Waals surface area contributed by atoms with E-state index in [1.165, 1.54) is 44.8 Å². The van der Waals surface area contributed by atoms with Crippen molar-refractivity contribution in [2.45, 2.75) is 91.9 Å². The first kappa shape index (κ1) is 22.5. The lowest BCUT2D eigenvalue weighted by Gasteiger charge is -2.16. The third kappa shape index (κ3) is 4.43. The van der Waals surface area contributed by atoms with Crippen molar-refractivity contribution < 1.29 is 0 Å². The molecule has 160 valence electrons. The summed E-state index contributed by atoms with van der Waals surface area (Å²) in [6.45, 7) is 17.8. The van der Waals surface area contributed by atoms with Crippen molar-refractivity contribution in [2.24, 2.45) is 0 Å². The van der Waals surface area contributed by atoms with Gasteiger partial charge in [-0.1, -0.05) is 79.7 Å². The van der Waals surface area contributed by atoms with Crippen molar-refractivity contribution in [2.75, 3.05) is 0 Å². The summed E-state index contributed by atoms with van der Waals surface area (Å²) < 4.78 is 0. The first-order valence-electron chi connectivity index (χ1n) is 11.6. The molecule has 2 aliphatic rings. The van der Waals surface area contributed by atoms with Crippen LogP contribution in [0.5, 0.6) is 0 Å². The summed E-state index contributed by atoms with van der Waals surface area (Å²) in [5.74, 6) is 2.19. The lowest BCUT2D eigenvalue weighted by atomic mass is 9.93. The molecule has 0 unspecified atom stereocenters. The van der Waals surface area contributed by atoms with Crippen LogP contribution in [0.1, 0.15) is 124 Å². The number of rotatable bonds is 4. The molecule has 0 saturated carbocycles. The molecule has 0 aromatic carbocycles. The Kier molecular flexibility index (Phi) is 6.95. The van der Waals surface area contributed by atoms with E-state index in [0.717, 1.165) is 12.8 Å². The molecule has 2 aromatic rings. The zero-order chi connectivity index (χ0) is 22.0. The fraction of sp³-hybridized carbons (Fsp3) is 0.500. The highest BCUT2D eigenvalue weighted by atomic mass is 14.7. The third-order valence-corrected chi connectivity index (χ3v) is 6.13. The van der Waals surface area contributed by atoms with Gasteiger partial charge in [0.05, 0.1) is 5.69 Å². The molecular weight excluding hydrogens is 364 g/mol. The van der Waals surface area contributed by atoms with E-state index in [1.807, 2.05) is 0 Å². The molecule has 0 aliphatic heterocycles. The van der Waals surface area contributed by atoms with Crippen molar-refractivity contribution in [1.29, 1.82) is 0 Å². The van der Waals surface area contributed by atoms with Crippen LogP contribution in [0.2, 0.25) is 0 Å². The molecule has 0 bridgehead atoms. The Hall–Kier alpha value is -2.22. The Morgan fingerprint density at radius 1 is 0.567 bits per heavy atom. The van der Waals surface area contributed by atoms with Gasteiger partial charge >= 0.3 is 0 Å². The maximum Gasteiger partial charge on any atom is 0.0504 e. The molecule has 0 N–H and O–H groups in total. The fourth-order valence-corrected chi connectivity index (χ4v) is 4.52. The van der Waals surface area contributed by atoms with Gasteiger partial charge in [-0.05, 0) is 69.9 Å². The van der Waals surface area contributed by atoms with Gasteiger partial charge in [0.15, 0.2) is 0 Å². The van der Waals surface area contributed by atoms with Gasteiger partial charge in [0.1, 0.15) is 0 Å². The Bertz CT molecular complexity index is 880. The minimum atomic E-state index is 0.516. The summed E-state index contributed by atoms with van der Waals surface area (Å²) in [7, 11) is 0. The van der Waals surface area contributed by atoms with E-state index in [4.69, 9.17) is 0 Å². The molecule has 0 atom stereocenters. The standard InChI is InChI=1S/2C14H19N/c2*1-9(2)13-8-15-14(10(3)4)12-7-5-6-11(12)13/h5,7-10H,6H2,1-4H3;5-6,8-10H,7H2,1-4H3. The summed E-state index contributed by atoms with van der Waals surface area (Å²) in [4.78, 5) is 9.25. The molecular formula is C28H38N2. The van der Waals surface area contributed by atoms with Gasteiger partial charge in [0.2, 0.25) is 0 Å². The van der Waals surface area contributed by atoms with E-state index in [-0.39, 0.29) is 0 Å². The summed E-state index contributed by atoms with van der Waals surface area (Å²) in [6, 6.07) is 0. The zero-order valence-electron chi connectivity index (χ0n) is 20.1. The summed E-state index contributed by atoms with van der Waals surface area (Å²) in [5, 5.41) is 0. The first-order chi connectivity index (χ1) is 14.2. The summed E-state index contributed by atoms with van der Waals surface area (Å²) in [5.41, 5.74) is 11.1. The Balaban J connectivity index is 0.000000171. The average Bonchev–Trinajstić information content (AvgIpc) is 3.35. The van der Waals surface area contributed by atoms with E-state index in [1.54, 1.807) is 0 Å². The molecule has 30 heavy (non-hydrogen) atoms. The molecule has 2 heteroatoms. The molecule has 0 saturated heterocycles. The van der Waals surface area contributed by atoms with E-state index in [2.05, 4.69) is 102 Å². The number of allylic oxidation sites excluding steroid dienone is 2. The topological polar surface area (TPSA) is 25.8 Å². The van der Waals surface area contributed by atoms with E-state index in [0.29, 0.717) is 23.7 Å². The minimum Gasteiger partial charge on any atom is -0.260 e. The van der Waals surface area contributed by atoms with Crippen LogP contribution in [0.4, 0.5) is 0 Å². The van der Waals surface area contributed by atoms with Gasteiger partial charge in [-0.15, -0.1) is 0 Å². The normalized spacial score (nSPS) is 14.0. The molecule has 2 aliphatic carbocycles. The smallest absolute Gasteiger partial charge is 0.0504 e. The maximum atomic E-state index is 4.63. The van der Waals surface area contributed by atoms with E-state index < -0.39 is 0 Å². The molecule has 0 spiro atoms. The van der Waals surface area contributed by atoms with E-state index in [9.17, 15) is 0 Å². The zero-order valence-corrected chi connectivity index (χ0v) is 20.1. The van der Waals surface area contributed by atoms with Crippen LogP contribution in [-0.4, -0.2) is 9.97 Å². The summed E-state index contributed by atoms with van der Waals surface area (Å²) in [6.07, 6.45) is 15.3. The molecule has 0 amide bonds. The van der Waals surface area contributed by atoms with Crippen LogP contribution in [-0.2, 0) is 12.8 Å². The number of fused-ring (bicyclic) bond motifs is 2. The average molecular weight is 403 g/mol. The van der Waals surface area contributed by atoms with Crippen LogP contribution in [0.25, 0.3) is 12.2 Å². The maximum absolute atomic E-state index is 4.63. The molecule has 2 nitrogen and oxygen atoms in total. The van der Waals surface area contributed by atoms with Crippen LogP contribution in [0.3, 0.4) is 0 Å². The SMILES string of the molecule is CC(C)c1cnc(C(C)C)c2c1C=CC2.CC(C)c1cnc(C(C)C)c2c1CC=C2. The predicted molar refractivity (Wildman–Crippen MR) is 130 cm³/mol. The number of aromatic nitrogens is 2. The lowest BCUT2D eigenvalue weighted by Crippen LogP contribution is -2.04. The van der Waals surface area contributed by atoms with Crippen molar-refractivity contribution in [3.8, 4) is 0 Å². The number of nitrogens with zero attached hydrogens (tertiary/aromatic N) is 2. The van der Waals surface area contributed by atoms with Crippen molar-refractivity contribution in [3.63, 3.8) is 0 Å². The van der Waals surface area contributed by atoms with Gasteiger partial charge in [-0.2, -0.15) is 0 Å². The van der Waals surface area contributed by atoms with Gasteiger partial charge in [0.25, 0.3) is 0 Å². The Morgan fingerprint density at radius 3 is 1.63 bits per heavy atom. The van der Waals surface area contributed by atoms with Crippen molar-refractivity contribution in [1.82, 2.24) is 9.97 Å².